The molecule has 192 valence electrons. The van der Waals surface area contributed by atoms with Gasteiger partial charge in [0.05, 0.1) is 11.9 Å². The zero-order valence-electron chi connectivity index (χ0n) is 21.0. The Labute approximate surface area is 220 Å². The molecule has 3 heterocycles. The number of hydrogen-bond donors (Lipinski definition) is 3. The third kappa shape index (κ3) is 6.12. The Kier molecular flexibility index (Phi) is 7.73. The van der Waals surface area contributed by atoms with Crippen LogP contribution >= 0.6 is 11.8 Å². The summed E-state index contributed by atoms with van der Waals surface area (Å²) in [6.07, 6.45) is 3.65. The maximum Gasteiger partial charge on any atom is 0.189 e. The number of nitrogens with zero attached hydrogens (tertiary/aromatic N) is 3. The van der Waals surface area contributed by atoms with E-state index in [1.54, 1.807) is 24.0 Å². The van der Waals surface area contributed by atoms with Gasteiger partial charge in [0.25, 0.3) is 0 Å². The Balaban J connectivity index is 1.32. The van der Waals surface area contributed by atoms with E-state index >= 15 is 0 Å². The SMILES string of the molecule is CC(C)Sc1ccc(-c2cnc(N)c(-c3cc(-c4ccc(CNC5CCOCC5)cc4)no3)n2)c(O)c1. The van der Waals surface area contributed by atoms with Crippen LogP contribution in [0.15, 0.2) is 64.1 Å². The van der Waals surface area contributed by atoms with Crippen molar-refractivity contribution in [1.29, 1.82) is 0 Å². The monoisotopic (exact) mass is 517 g/mol. The highest BCUT2D eigenvalue weighted by molar-refractivity contribution is 7.99. The van der Waals surface area contributed by atoms with Crippen LogP contribution in [0.5, 0.6) is 5.75 Å². The topological polar surface area (TPSA) is 119 Å². The number of thioether (sulfide) groups is 1. The van der Waals surface area contributed by atoms with E-state index in [4.69, 9.17) is 15.0 Å². The Morgan fingerprint density at radius 3 is 2.59 bits per heavy atom. The summed E-state index contributed by atoms with van der Waals surface area (Å²) in [5, 5.41) is 18.9. The third-order valence-corrected chi connectivity index (χ3v) is 7.22. The molecule has 1 aliphatic heterocycles. The number of hydrogen-bond acceptors (Lipinski definition) is 9. The van der Waals surface area contributed by atoms with E-state index in [0.29, 0.717) is 39.7 Å². The predicted molar refractivity (Wildman–Crippen MR) is 146 cm³/mol. The van der Waals surface area contributed by atoms with Gasteiger partial charge in [0.2, 0.25) is 0 Å². The normalized spacial score (nSPS) is 14.4. The van der Waals surface area contributed by atoms with Crippen LogP contribution in [0.2, 0.25) is 0 Å². The molecule has 0 unspecified atom stereocenters. The molecule has 4 aromatic rings. The Bertz CT molecular complexity index is 1350. The van der Waals surface area contributed by atoms with Crippen LogP contribution in [-0.2, 0) is 11.3 Å². The summed E-state index contributed by atoms with van der Waals surface area (Å²) in [5.74, 6) is 0.784. The van der Waals surface area contributed by atoms with Crippen molar-refractivity contribution < 1.29 is 14.4 Å². The minimum Gasteiger partial charge on any atom is -0.507 e. The number of ether oxygens (including phenoxy) is 1. The van der Waals surface area contributed by atoms with E-state index < -0.39 is 0 Å². The molecule has 1 fully saturated rings. The average Bonchev–Trinajstić information content (AvgIpc) is 3.39. The van der Waals surface area contributed by atoms with E-state index in [1.807, 2.05) is 30.3 Å². The van der Waals surface area contributed by atoms with E-state index in [0.717, 1.165) is 43.1 Å². The summed E-state index contributed by atoms with van der Waals surface area (Å²) < 4.78 is 11.0. The molecular formula is C28H31N5O3S. The van der Waals surface area contributed by atoms with Gasteiger partial charge in [-0.05, 0) is 36.6 Å². The molecule has 0 bridgehead atoms. The molecule has 2 aromatic heterocycles. The van der Waals surface area contributed by atoms with Crippen molar-refractivity contribution in [2.75, 3.05) is 18.9 Å². The molecule has 0 radical (unpaired) electrons. The van der Waals surface area contributed by atoms with Crippen LogP contribution in [0, 0.1) is 0 Å². The van der Waals surface area contributed by atoms with Gasteiger partial charge < -0.3 is 25.4 Å². The van der Waals surface area contributed by atoms with Crippen LogP contribution in [0.3, 0.4) is 0 Å². The number of aromatic hydroxyl groups is 1. The maximum atomic E-state index is 10.6. The highest BCUT2D eigenvalue weighted by Crippen LogP contribution is 2.35. The number of nitrogens with two attached hydrogens (primary N) is 1. The number of nitrogen functional groups attached to an aromatic ring is 1. The van der Waals surface area contributed by atoms with Crippen molar-refractivity contribution in [2.45, 2.75) is 49.4 Å². The van der Waals surface area contributed by atoms with Crippen LogP contribution in [0.25, 0.3) is 34.0 Å². The van der Waals surface area contributed by atoms with Crippen molar-refractivity contribution in [3.05, 3.63) is 60.3 Å². The molecule has 0 aliphatic carbocycles. The number of nitrogens with one attached hydrogen (secondary N) is 1. The molecule has 0 saturated carbocycles. The summed E-state index contributed by atoms with van der Waals surface area (Å²) in [7, 11) is 0. The zero-order chi connectivity index (χ0) is 25.8. The van der Waals surface area contributed by atoms with Crippen molar-refractivity contribution in [3.63, 3.8) is 0 Å². The van der Waals surface area contributed by atoms with Crippen LogP contribution in [-0.4, -0.2) is 44.7 Å². The quantitative estimate of drug-likeness (QED) is 0.259. The highest BCUT2D eigenvalue weighted by Gasteiger charge is 2.17. The first-order valence-electron chi connectivity index (χ1n) is 12.5. The lowest BCUT2D eigenvalue weighted by atomic mass is 10.1. The molecule has 0 spiro atoms. The van der Waals surface area contributed by atoms with Gasteiger partial charge in [-0.3, -0.25) is 0 Å². The van der Waals surface area contributed by atoms with Gasteiger partial charge in [-0.1, -0.05) is 43.3 Å². The van der Waals surface area contributed by atoms with Crippen molar-refractivity contribution in [1.82, 2.24) is 20.4 Å². The Morgan fingerprint density at radius 2 is 1.86 bits per heavy atom. The van der Waals surface area contributed by atoms with E-state index in [1.165, 1.54) is 5.56 Å². The van der Waals surface area contributed by atoms with Gasteiger partial charge in [-0.2, -0.15) is 0 Å². The number of anilines is 1. The van der Waals surface area contributed by atoms with E-state index in [-0.39, 0.29) is 11.6 Å². The lowest BCUT2D eigenvalue weighted by Gasteiger charge is -2.23. The van der Waals surface area contributed by atoms with Crippen molar-refractivity contribution >= 4 is 17.6 Å². The van der Waals surface area contributed by atoms with E-state index in [2.05, 4.69) is 46.4 Å². The minimum atomic E-state index is 0.139. The lowest BCUT2D eigenvalue weighted by molar-refractivity contribution is 0.0776. The van der Waals surface area contributed by atoms with E-state index in [9.17, 15) is 5.11 Å². The molecule has 8 nitrogen and oxygen atoms in total. The molecule has 4 N–H and O–H groups in total. The van der Waals surface area contributed by atoms with Gasteiger partial charge in [-0.25, -0.2) is 9.97 Å². The van der Waals surface area contributed by atoms with Gasteiger partial charge in [0, 0.05) is 53.1 Å². The Hall–Kier alpha value is -3.40. The van der Waals surface area contributed by atoms with Gasteiger partial charge in [-0.15, -0.1) is 11.8 Å². The molecule has 1 aliphatic rings. The van der Waals surface area contributed by atoms with Gasteiger partial charge in [0.15, 0.2) is 17.3 Å². The first-order chi connectivity index (χ1) is 18.0. The molecule has 1 saturated heterocycles. The number of phenolic OH excluding ortho intramolecular Hbond substituents is 1. The number of rotatable bonds is 8. The molecule has 0 amide bonds. The fraction of sp³-hybridized carbons (Fsp3) is 0.321. The molecule has 0 atom stereocenters. The summed E-state index contributed by atoms with van der Waals surface area (Å²) in [4.78, 5) is 9.93. The fourth-order valence-electron chi connectivity index (χ4n) is 4.26. The summed E-state index contributed by atoms with van der Waals surface area (Å²) >= 11 is 1.68. The minimum absolute atomic E-state index is 0.139. The summed E-state index contributed by atoms with van der Waals surface area (Å²) in [6.45, 7) is 6.69. The smallest absolute Gasteiger partial charge is 0.189 e. The average molecular weight is 518 g/mol. The van der Waals surface area contributed by atoms with Gasteiger partial charge >= 0.3 is 0 Å². The molecule has 5 rings (SSSR count). The number of aromatic nitrogens is 3. The van der Waals surface area contributed by atoms with Crippen LogP contribution in [0.4, 0.5) is 5.82 Å². The number of benzene rings is 2. The summed E-state index contributed by atoms with van der Waals surface area (Å²) in [6, 6.07) is 16.1. The first kappa shape index (κ1) is 25.3. The van der Waals surface area contributed by atoms with Gasteiger partial charge in [0.1, 0.15) is 11.4 Å². The highest BCUT2D eigenvalue weighted by atomic mass is 32.2. The van der Waals surface area contributed by atoms with Crippen molar-refractivity contribution in [3.8, 4) is 39.7 Å². The molecule has 9 heteroatoms. The zero-order valence-corrected chi connectivity index (χ0v) is 21.8. The second-order valence-corrected chi connectivity index (χ2v) is 11.0. The Morgan fingerprint density at radius 1 is 1.08 bits per heavy atom. The first-order valence-corrected chi connectivity index (χ1v) is 13.3. The third-order valence-electron chi connectivity index (χ3n) is 6.23. The lowest BCUT2D eigenvalue weighted by Crippen LogP contribution is -2.34. The van der Waals surface area contributed by atoms with Crippen LogP contribution < -0.4 is 11.1 Å². The fourth-order valence-corrected chi connectivity index (χ4v) is 5.13. The second-order valence-electron chi connectivity index (χ2n) is 9.38. The second kappa shape index (κ2) is 11.3. The predicted octanol–water partition coefficient (Wildman–Crippen LogP) is 5.52. The standard InChI is InChI=1S/C28H31N5O3S/c1-17(2)37-21-7-8-22(25(34)13-21)24-16-31-28(29)27(32-24)26-14-23(33-36-26)19-5-3-18(4-6-19)15-30-20-9-11-35-12-10-20/h3-8,13-14,16-17,20,30,34H,9-12,15H2,1-2H3,(H2,29,31). The largest absolute Gasteiger partial charge is 0.507 e. The molecule has 2 aromatic carbocycles. The van der Waals surface area contributed by atoms with Crippen LogP contribution in [0.1, 0.15) is 32.3 Å². The molecule has 37 heavy (non-hydrogen) atoms. The molecular weight excluding hydrogens is 486 g/mol. The summed E-state index contributed by atoms with van der Waals surface area (Å²) in [5.41, 5.74) is 10.4. The maximum absolute atomic E-state index is 10.6. The van der Waals surface area contributed by atoms with Crippen molar-refractivity contribution in [2.24, 2.45) is 0 Å². The number of phenols is 1.